The number of amides is 4. The van der Waals surface area contributed by atoms with Crippen LogP contribution in [0.15, 0.2) is 0 Å². The number of primary amides is 1. The van der Waals surface area contributed by atoms with Gasteiger partial charge < -0.3 is 11.1 Å². The molecular weight excluding hydrogens is 162 g/mol. The van der Waals surface area contributed by atoms with E-state index in [1.54, 1.807) is 0 Å². The van der Waals surface area contributed by atoms with Gasteiger partial charge in [0, 0.05) is 13.0 Å². The molecule has 66 valence electrons. The van der Waals surface area contributed by atoms with Gasteiger partial charge in [0.15, 0.2) is 0 Å². The molecule has 1 saturated heterocycles. The molecule has 0 unspecified atom stereocenters. The minimum absolute atomic E-state index is 0.120. The molecular formula is C6H9N3O3. The standard InChI is InChI=1S/C6H9N3O3/c7-6(12)9-3-4(10)8-2-1-5(9)11/h1-3H2,(H2,7,12)(H,8,10). The Morgan fingerprint density at radius 1 is 1.50 bits per heavy atom. The van der Waals surface area contributed by atoms with Crippen molar-refractivity contribution in [2.24, 2.45) is 5.73 Å². The maximum Gasteiger partial charge on any atom is 0.321 e. The second-order valence-electron chi connectivity index (χ2n) is 2.42. The summed E-state index contributed by atoms with van der Waals surface area (Å²) in [6, 6.07) is -0.878. The zero-order chi connectivity index (χ0) is 9.14. The summed E-state index contributed by atoms with van der Waals surface area (Å²) in [5.41, 5.74) is 4.88. The predicted molar refractivity (Wildman–Crippen MR) is 38.9 cm³/mol. The van der Waals surface area contributed by atoms with Crippen LogP contribution in [-0.2, 0) is 9.59 Å². The highest BCUT2D eigenvalue weighted by molar-refractivity contribution is 5.98. The number of rotatable bonds is 0. The van der Waals surface area contributed by atoms with Crippen LogP contribution in [0.1, 0.15) is 6.42 Å². The second kappa shape index (κ2) is 3.21. The van der Waals surface area contributed by atoms with E-state index in [9.17, 15) is 14.4 Å². The third kappa shape index (κ3) is 1.71. The summed E-state index contributed by atoms with van der Waals surface area (Å²) in [5, 5.41) is 2.45. The first-order valence-corrected chi connectivity index (χ1v) is 3.48. The fourth-order valence-corrected chi connectivity index (χ4v) is 0.932. The SMILES string of the molecule is NC(=O)N1CC(=O)NCCC1=O. The van der Waals surface area contributed by atoms with Gasteiger partial charge in [0.25, 0.3) is 0 Å². The first-order chi connectivity index (χ1) is 5.61. The summed E-state index contributed by atoms with van der Waals surface area (Å²) >= 11 is 0. The maximum absolute atomic E-state index is 11.0. The van der Waals surface area contributed by atoms with Crippen molar-refractivity contribution >= 4 is 17.8 Å². The lowest BCUT2D eigenvalue weighted by Crippen LogP contribution is -2.43. The number of nitrogens with zero attached hydrogens (tertiary/aromatic N) is 1. The van der Waals surface area contributed by atoms with Gasteiger partial charge in [-0.3, -0.25) is 14.5 Å². The molecule has 0 atom stereocenters. The van der Waals surface area contributed by atoms with Crippen molar-refractivity contribution in [3.63, 3.8) is 0 Å². The summed E-state index contributed by atoms with van der Waals surface area (Å²) in [4.78, 5) is 33.2. The predicted octanol–water partition coefficient (Wildman–Crippen LogP) is -1.59. The van der Waals surface area contributed by atoms with Gasteiger partial charge in [-0.2, -0.15) is 0 Å². The van der Waals surface area contributed by atoms with Gasteiger partial charge in [0.05, 0.1) is 0 Å². The van der Waals surface area contributed by atoms with Crippen LogP contribution >= 0.6 is 0 Å². The van der Waals surface area contributed by atoms with Crippen molar-refractivity contribution in [1.29, 1.82) is 0 Å². The van der Waals surface area contributed by atoms with Crippen LogP contribution in [0.25, 0.3) is 0 Å². The summed E-state index contributed by atoms with van der Waals surface area (Å²) in [5.74, 6) is -0.777. The van der Waals surface area contributed by atoms with Crippen LogP contribution in [0.4, 0.5) is 4.79 Å². The van der Waals surface area contributed by atoms with Gasteiger partial charge in [0.1, 0.15) is 6.54 Å². The average Bonchev–Trinajstić information content (AvgIpc) is 2.13. The Balaban J connectivity index is 2.74. The second-order valence-corrected chi connectivity index (χ2v) is 2.42. The third-order valence-corrected chi connectivity index (χ3v) is 1.53. The summed E-state index contributed by atoms with van der Waals surface area (Å²) < 4.78 is 0. The Morgan fingerprint density at radius 3 is 2.75 bits per heavy atom. The molecule has 0 radical (unpaired) electrons. The number of carbonyl (C=O) groups excluding carboxylic acids is 3. The maximum atomic E-state index is 11.0. The van der Waals surface area contributed by atoms with Crippen LogP contribution in [0.2, 0.25) is 0 Å². The van der Waals surface area contributed by atoms with Crippen molar-refractivity contribution in [3.8, 4) is 0 Å². The van der Waals surface area contributed by atoms with Crippen molar-refractivity contribution in [3.05, 3.63) is 0 Å². The van der Waals surface area contributed by atoms with Crippen LogP contribution in [0, 0.1) is 0 Å². The molecule has 1 heterocycles. The van der Waals surface area contributed by atoms with E-state index in [-0.39, 0.29) is 25.4 Å². The van der Waals surface area contributed by atoms with E-state index < -0.39 is 11.9 Å². The largest absolute Gasteiger partial charge is 0.354 e. The molecule has 1 fully saturated rings. The van der Waals surface area contributed by atoms with E-state index in [1.165, 1.54) is 0 Å². The highest BCUT2D eigenvalue weighted by Crippen LogP contribution is 1.97. The van der Waals surface area contributed by atoms with Crippen LogP contribution in [0.3, 0.4) is 0 Å². The molecule has 1 aliphatic rings. The third-order valence-electron chi connectivity index (χ3n) is 1.53. The molecule has 0 aromatic rings. The average molecular weight is 171 g/mol. The smallest absolute Gasteiger partial charge is 0.321 e. The molecule has 6 heteroatoms. The quantitative estimate of drug-likeness (QED) is 0.460. The van der Waals surface area contributed by atoms with Crippen LogP contribution in [0.5, 0.6) is 0 Å². The zero-order valence-corrected chi connectivity index (χ0v) is 6.37. The molecule has 4 amide bonds. The number of nitrogens with one attached hydrogen (secondary N) is 1. The lowest BCUT2D eigenvalue weighted by Gasteiger charge is -2.12. The van der Waals surface area contributed by atoms with Gasteiger partial charge in [-0.25, -0.2) is 4.79 Å². The fraction of sp³-hybridized carbons (Fsp3) is 0.500. The fourth-order valence-electron chi connectivity index (χ4n) is 0.932. The normalized spacial score (nSPS) is 18.5. The molecule has 0 aliphatic carbocycles. The van der Waals surface area contributed by atoms with E-state index in [2.05, 4.69) is 5.32 Å². The molecule has 1 rings (SSSR count). The number of carbonyl (C=O) groups is 3. The zero-order valence-electron chi connectivity index (χ0n) is 6.37. The Kier molecular flexibility index (Phi) is 2.27. The lowest BCUT2D eigenvalue weighted by atomic mass is 10.4. The number of hydrogen-bond donors (Lipinski definition) is 2. The Morgan fingerprint density at radius 2 is 2.17 bits per heavy atom. The Bertz CT molecular complexity index is 238. The monoisotopic (exact) mass is 171 g/mol. The molecule has 0 aromatic carbocycles. The van der Waals surface area contributed by atoms with Gasteiger partial charge in [0.2, 0.25) is 11.8 Å². The van der Waals surface area contributed by atoms with E-state index >= 15 is 0 Å². The molecule has 0 spiro atoms. The minimum Gasteiger partial charge on any atom is -0.354 e. The van der Waals surface area contributed by atoms with E-state index in [0.717, 1.165) is 4.90 Å². The Hall–Kier alpha value is -1.59. The van der Waals surface area contributed by atoms with E-state index in [0.29, 0.717) is 0 Å². The topological polar surface area (TPSA) is 92.5 Å². The highest BCUT2D eigenvalue weighted by Gasteiger charge is 2.24. The van der Waals surface area contributed by atoms with Gasteiger partial charge in [-0.15, -0.1) is 0 Å². The van der Waals surface area contributed by atoms with Crippen molar-refractivity contribution < 1.29 is 14.4 Å². The summed E-state index contributed by atoms with van der Waals surface area (Å²) in [6.45, 7) is -0.00435. The summed E-state index contributed by atoms with van der Waals surface area (Å²) in [7, 11) is 0. The van der Waals surface area contributed by atoms with E-state index in [4.69, 9.17) is 5.73 Å². The van der Waals surface area contributed by atoms with Crippen molar-refractivity contribution in [2.45, 2.75) is 6.42 Å². The molecule has 6 nitrogen and oxygen atoms in total. The first-order valence-electron chi connectivity index (χ1n) is 3.48. The number of imide groups is 1. The summed E-state index contributed by atoms with van der Waals surface area (Å²) in [6.07, 6.45) is 0.120. The molecule has 3 N–H and O–H groups in total. The van der Waals surface area contributed by atoms with Crippen LogP contribution < -0.4 is 11.1 Å². The molecule has 12 heavy (non-hydrogen) atoms. The number of hydrogen-bond acceptors (Lipinski definition) is 3. The van der Waals surface area contributed by atoms with Gasteiger partial charge >= 0.3 is 6.03 Å². The molecule has 0 saturated carbocycles. The highest BCUT2D eigenvalue weighted by atomic mass is 16.2. The molecule has 1 aliphatic heterocycles. The van der Waals surface area contributed by atoms with Crippen molar-refractivity contribution in [1.82, 2.24) is 10.2 Å². The van der Waals surface area contributed by atoms with Gasteiger partial charge in [-0.1, -0.05) is 0 Å². The molecule has 0 bridgehead atoms. The number of urea groups is 1. The number of nitrogens with two attached hydrogens (primary N) is 1. The molecule has 0 aromatic heterocycles. The minimum atomic E-state index is -0.878. The van der Waals surface area contributed by atoms with Gasteiger partial charge in [-0.05, 0) is 0 Å². The van der Waals surface area contributed by atoms with E-state index in [1.807, 2.05) is 0 Å². The first kappa shape index (κ1) is 8.51. The van der Waals surface area contributed by atoms with Crippen LogP contribution in [-0.4, -0.2) is 35.8 Å². The van der Waals surface area contributed by atoms with Crippen molar-refractivity contribution in [2.75, 3.05) is 13.1 Å². The lowest BCUT2D eigenvalue weighted by molar-refractivity contribution is -0.130. The Labute approximate surface area is 68.7 Å².